The van der Waals surface area contributed by atoms with Crippen LogP contribution in [0.1, 0.15) is 28.8 Å². The molecule has 0 bridgehead atoms. The third kappa shape index (κ3) is 3.88. The maximum Gasteiger partial charge on any atom is 0.251 e. The minimum atomic E-state index is -0.0842. The van der Waals surface area contributed by atoms with Gasteiger partial charge < -0.3 is 14.6 Å². The number of pyridine rings is 1. The van der Waals surface area contributed by atoms with Gasteiger partial charge in [0.15, 0.2) is 0 Å². The Morgan fingerprint density at radius 3 is 2.53 bits per heavy atom. The smallest absolute Gasteiger partial charge is 0.251 e. The van der Waals surface area contributed by atoms with E-state index in [-0.39, 0.29) is 11.9 Å². The molecule has 0 saturated carbocycles. The van der Waals surface area contributed by atoms with Crippen LogP contribution in [0.2, 0.25) is 0 Å². The van der Waals surface area contributed by atoms with E-state index in [9.17, 15) is 4.79 Å². The number of fused-ring (bicyclic) bond motifs is 1. The van der Waals surface area contributed by atoms with Crippen LogP contribution in [0.5, 0.6) is 0 Å². The van der Waals surface area contributed by atoms with E-state index in [2.05, 4.69) is 25.2 Å². The number of carbonyl (C=O) groups excluding carboxylic acids is 1. The second-order valence-corrected chi connectivity index (χ2v) is 7.69. The van der Waals surface area contributed by atoms with Crippen molar-refractivity contribution in [2.24, 2.45) is 0 Å². The van der Waals surface area contributed by atoms with E-state index < -0.39 is 0 Å². The summed E-state index contributed by atoms with van der Waals surface area (Å²) in [5.41, 5.74) is 3.62. The zero-order valence-corrected chi connectivity index (χ0v) is 17.2. The molecule has 1 N–H and O–H groups in total. The largest absolute Gasteiger partial charge is 0.464 e. The predicted octanol–water partition coefficient (Wildman–Crippen LogP) is 3.56. The fraction of sp³-hybridized carbons (Fsp3) is 0.208. The quantitative estimate of drug-likeness (QED) is 0.534. The monoisotopic (exact) mass is 424 g/mol. The van der Waals surface area contributed by atoms with Crippen molar-refractivity contribution in [3.8, 4) is 17.3 Å². The number of amides is 1. The molecule has 4 aromatic rings. The first-order valence-electron chi connectivity index (χ1n) is 10.4. The van der Waals surface area contributed by atoms with Crippen molar-refractivity contribution in [1.82, 2.24) is 20.3 Å². The van der Waals surface area contributed by atoms with E-state index >= 15 is 0 Å². The van der Waals surface area contributed by atoms with Crippen LogP contribution in [0.3, 0.4) is 0 Å². The molecule has 0 spiro atoms. The van der Waals surface area contributed by atoms with Crippen LogP contribution in [0.15, 0.2) is 65.7 Å². The van der Waals surface area contributed by atoms with E-state index in [4.69, 9.17) is 9.68 Å². The number of nitrogens with one attached hydrogen (secondary N) is 1. The molecule has 1 aliphatic rings. The van der Waals surface area contributed by atoms with E-state index in [1.807, 2.05) is 42.5 Å². The molecular weight excluding hydrogens is 404 g/mol. The topological polar surface area (TPSA) is 108 Å². The SMILES string of the molecule is N#Cc1cnc(N2CCC(NC(=O)c3ccc(-c4nccc5occc45)cc3)CC2)nc1. The molecule has 1 saturated heterocycles. The summed E-state index contributed by atoms with van der Waals surface area (Å²) in [6.07, 6.45) is 8.04. The summed E-state index contributed by atoms with van der Waals surface area (Å²) in [5.74, 6) is 0.532. The van der Waals surface area contributed by atoms with Crippen molar-refractivity contribution in [3.05, 3.63) is 72.4 Å². The number of piperidine rings is 1. The molecule has 5 rings (SSSR count). The molecule has 0 aliphatic carbocycles. The van der Waals surface area contributed by atoms with E-state index in [0.29, 0.717) is 17.1 Å². The normalized spacial score (nSPS) is 14.3. The minimum absolute atomic E-state index is 0.0842. The van der Waals surface area contributed by atoms with Crippen molar-refractivity contribution >= 4 is 22.8 Å². The van der Waals surface area contributed by atoms with Gasteiger partial charge in [-0.15, -0.1) is 0 Å². The fourth-order valence-electron chi connectivity index (χ4n) is 3.94. The molecule has 1 amide bonds. The lowest BCUT2D eigenvalue weighted by atomic mass is 10.0. The lowest BCUT2D eigenvalue weighted by Crippen LogP contribution is -2.45. The summed E-state index contributed by atoms with van der Waals surface area (Å²) in [5, 5.41) is 12.9. The molecule has 1 aliphatic heterocycles. The molecule has 158 valence electrons. The van der Waals surface area contributed by atoms with Gasteiger partial charge in [-0.1, -0.05) is 12.1 Å². The number of carbonyl (C=O) groups is 1. The first-order chi connectivity index (χ1) is 15.7. The summed E-state index contributed by atoms with van der Waals surface area (Å²) in [6, 6.07) is 13.3. The maximum atomic E-state index is 12.7. The molecule has 32 heavy (non-hydrogen) atoms. The Hall–Kier alpha value is -4.25. The molecule has 0 unspecified atom stereocenters. The minimum Gasteiger partial charge on any atom is -0.464 e. The number of aromatic nitrogens is 3. The number of furan rings is 1. The molecule has 8 nitrogen and oxygen atoms in total. The number of hydrogen-bond acceptors (Lipinski definition) is 7. The van der Waals surface area contributed by atoms with E-state index in [1.165, 1.54) is 12.4 Å². The number of anilines is 1. The van der Waals surface area contributed by atoms with Crippen molar-refractivity contribution in [1.29, 1.82) is 5.26 Å². The van der Waals surface area contributed by atoms with Crippen LogP contribution >= 0.6 is 0 Å². The van der Waals surface area contributed by atoms with Gasteiger partial charge in [-0.05, 0) is 37.1 Å². The van der Waals surface area contributed by atoms with Crippen molar-refractivity contribution in [2.45, 2.75) is 18.9 Å². The lowest BCUT2D eigenvalue weighted by Gasteiger charge is -2.32. The Bertz CT molecular complexity index is 1280. The first kappa shape index (κ1) is 19.7. The summed E-state index contributed by atoms with van der Waals surface area (Å²) in [7, 11) is 0. The third-order valence-electron chi connectivity index (χ3n) is 5.68. The van der Waals surface area contributed by atoms with Crippen LogP contribution < -0.4 is 10.2 Å². The van der Waals surface area contributed by atoms with Gasteiger partial charge in [0.25, 0.3) is 5.91 Å². The zero-order valence-electron chi connectivity index (χ0n) is 17.2. The molecular formula is C24H20N6O2. The van der Waals surface area contributed by atoms with Crippen LogP contribution in [0.4, 0.5) is 5.95 Å². The second kappa shape index (κ2) is 8.47. The number of hydrogen-bond donors (Lipinski definition) is 1. The van der Waals surface area contributed by atoms with Crippen molar-refractivity contribution < 1.29 is 9.21 Å². The molecule has 1 aromatic carbocycles. The number of nitriles is 1. The Morgan fingerprint density at radius 2 is 1.81 bits per heavy atom. The Kier molecular flexibility index (Phi) is 5.22. The van der Waals surface area contributed by atoms with Crippen LogP contribution in [-0.4, -0.2) is 40.0 Å². The molecule has 3 aromatic heterocycles. The third-order valence-corrected chi connectivity index (χ3v) is 5.68. The van der Waals surface area contributed by atoms with Gasteiger partial charge in [-0.2, -0.15) is 5.26 Å². The van der Waals surface area contributed by atoms with E-state index in [1.54, 1.807) is 12.5 Å². The number of rotatable bonds is 4. The second-order valence-electron chi connectivity index (χ2n) is 7.69. The van der Waals surface area contributed by atoms with Crippen LogP contribution in [0.25, 0.3) is 22.2 Å². The zero-order chi connectivity index (χ0) is 21.9. The van der Waals surface area contributed by atoms with Gasteiger partial charge in [0.1, 0.15) is 11.7 Å². The van der Waals surface area contributed by atoms with Gasteiger partial charge in [-0.3, -0.25) is 9.78 Å². The molecule has 8 heteroatoms. The average Bonchev–Trinajstić information content (AvgIpc) is 3.34. The Morgan fingerprint density at radius 1 is 1.06 bits per heavy atom. The van der Waals surface area contributed by atoms with Gasteiger partial charge in [-0.25, -0.2) is 9.97 Å². The summed E-state index contributed by atoms with van der Waals surface area (Å²) >= 11 is 0. The highest BCUT2D eigenvalue weighted by Gasteiger charge is 2.22. The highest BCUT2D eigenvalue weighted by molar-refractivity contribution is 5.96. The maximum absolute atomic E-state index is 12.7. The Labute approximate surface area is 184 Å². The highest BCUT2D eigenvalue weighted by atomic mass is 16.3. The van der Waals surface area contributed by atoms with Crippen molar-refractivity contribution in [2.75, 3.05) is 18.0 Å². The average molecular weight is 424 g/mol. The fourth-order valence-corrected chi connectivity index (χ4v) is 3.94. The molecule has 4 heterocycles. The van der Waals surface area contributed by atoms with E-state index in [0.717, 1.165) is 48.2 Å². The summed E-state index contributed by atoms with van der Waals surface area (Å²) in [4.78, 5) is 27.8. The molecule has 1 fully saturated rings. The lowest BCUT2D eigenvalue weighted by molar-refractivity contribution is 0.0931. The molecule has 0 radical (unpaired) electrons. The van der Waals surface area contributed by atoms with Crippen LogP contribution in [0, 0.1) is 11.3 Å². The standard InChI is InChI=1S/C24H20N6O2/c25-13-16-14-27-24(28-15-16)30-10-6-19(7-11-30)29-23(31)18-3-1-17(2-4-18)22-20-8-12-32-21(20)5-9-26-22/h1-5,8-9,12,14-15,19H,6-7,10-11H2,(H,29,31). The predicted molar refractivity (Wildman–Crippen MR) is 119 cm³/mol. The van der Waals surface area contributed by atoms with Crippen molar-refractivity contribution in [3.63, 3.8) is 0 Å². The van der Waals surface area contributed by atoms with Gasteiger partial charge in [0.2, 0.25) is 5.95 Å². The summed E-state index contributed by atoms with van der Waals surface area (Å²) in [6.45, 7) is 1.49. The Balaban J connectivity index is 1.20. The summed E-state index contributed by atoms with van der Waals surface area (Å²) < 4.78 is 5.44. The van der Waals surface area contributed by atoms with Gasteiger partial charge in [0, 0.05) is 41.8 Å². The number of benzene rings is 1. The van der Waals surface area contributed by atoms with Gasteiger partial charge in [0.05, 0.1) is 29.9 Å². The number of nitrogens with zero attached hydrogens (tertiary/aromatic N) is 5. The molecule has 0 atom stereocenters. The first-order valence-corrected chi connectivity index (χ1v) is 10.4. The van der Waals surface area contributed by atoms with Gasteiger partial charge >= 0.3 is 0 Å². The highest BCUT2D eigenvalue weighted by Crippen LogP contribution is 2.27. The van der Waals surface area contributed by atoms with Crippen LogP contribution in [-0.2, 0) is 0 Å².